The lowest BCUT2D eigenvalue weighted by Gasteiger charge is -2.37. The Morgan fingerprint density at radius 1 is 1.47 bits per heavy atom. The molecule has 1 fully saturated rings. The minimum atomic E-state index is 0.323. The highest BCUT2D eigenvalue weighted by Gasteiger charge is 2.29. The first-order chi connectivity index (χ1) is 8.96. The normalized spacial score (nSPS) is 20.6. The molecule has 2 rings (SSSR count). The largest absolute Gasteiger partial charge is 0.346 e. The van der Waals surface area contributed by atoms with Crippen molar-refractivity contribution in [2.75, 3.05) is 23.7 Å². The van der Waals surface area contributed by atoms with Crippen LogP contribution in [-0.2, 0) is 6.54 Å². The van der Waals surface area contributed by atoms with E-state index in [1.807, 2.05) is 0 Å². The molecule has 1 aromatic heterocycles. The summed E-state index contributed by atoms with van der Waals surface area (Å²) >= 11 is 3.85. The van der Waals surface area contributed by atoms with Crippen molar-refractivity contribution in [1.29, 1.82) is 0 Å². The van der Waals surface area contributed by atoms with Crippen LogP contribution in [0.15, 0.2) is 0 Å². The van der Waals surface area contributed by atoms with Gasteiger partial charge in [0.05, 0.1) is 5.69 Å². The molecule has 1 atom stereocenters. The molecule has 0 spiro atoms. The van der Waals surface area contributed by atoms with Crippen molar-refractivity contribution < 1.29 is 0 Å². The highest BCUT2D eigenvalue weighted by molar-refractivity contribution is 8.00. The van der Waals surface area contributed by atoms with Gasteiger partial charge in [-0.3, -0.25) is 0 Å². The number of thiazole rings is 1. The van der Waals surface area contributed by atoms with Gasteiger partial charge in [0.25, 0.3) is 0 Å². The maximum atomic E-state index is 5.89. The van der Waals surface area contributed by atoms with Gasteiger partial charge in [-0.05, 0) is 26.2 Å². The molecule has 0 saturated carbocycles. The van der Waals surface area contributed by atoms with E-state index < -0.39 is 0 Å². The summed E-state index contributed by atoms with van der Waals surface area (Å²) in [5.74, 6) is 1.69. The van der Waals surface area contributed by atoms with Gasteiger partial charge < -0.3 is 10.6 Å². The fraction of sp³-hybridized carbons (Fsp3) is 0.786. The van der Waals surface area contributed by atoms with Gasteiger partial charge in [0.2, 0.25) is 0 Å². The van der Waals surface area contributed by atoms with E-state index in [4.69, 9.17) is 10.7 Å². The average molecular weight is 300 g/mol. The van der Waals surface area contributed by atoms with Crippen LogP contribution >= 0.6 is 23.1 Å². The Kier molecular flexibility index (Phi) is 4.79. The van der Waals surface area contributed by atoms with E-state index in [-0.39, 0.29) is 0 Å². The molecule has 2 heterocycles. The standard InChI is InChI=1S/C14H25N3S2/c1-5-10(2)12-11(8-15)19-13(16-12)17-6-7-18-14(3,4)9-17/h10H,5-9,15H2,1-4H3. The summed E-state index contributed by atoms with van der Waals surface area (Å²) in [6.45, 7) is 11.9. The molecule has 0 aliphatic carbocycles. The van der Waals surface area contributed by atoms with Crippen molar-refractivity contribution in [2.24, 2.45) is 5.73 Å². The topological polar surface area (TPSA) is 42.2 Å². The number of aromatic nitrogens is 1. The highest BCUT2D eigenvalue weighted by Crippen LogP contribution is 2.36. The van der Waals surface area contributed by atoms with Crippen LogP contribution in [0.1, 0.15) is 50.6 Å². The van der Waals surface area contributed by atoms with Crippen LogP contribution in [0.3, 0.4) is 0 Å². The van der Waals surface area contributed by atoms with Gasteiger partial charge >= 0.3 is 0 Å². The quantitative estimate of drug-likeness (QED) is 0.924. The number of nitrogens with two attached hydrogens (primary N) is 1. The molecule has 108 valence electrons. The van der Waals surface area contributed by atoms with E-state index in [9.17, 15) is 0 Å². The third kappa shape index (κ3) is 3.44. The second-order valence-corrected chi connectivity index (χ2v) is 8.71. The second kappa shape index (κ2) is 6.02. The van der Waals surface area contributed by atoms with Gasteiger partial charge in [-0.15, -0.1) is 11.3 Å². The van der Waals surface area contributed by atoms with Crippen LogP contribution < -0.4 is 10.6 Å². The zero-order chi connectivity index (χ0) is 14.0. The number of rotatable bonds is 4. The lowest BCUT2D eigenvalue weighted by atomic mass is 10.0. The molecule has 1 aliphatic rings. The Hall–Kier alpha value is -0.260. The van der Waals surface area contributed by atoms with Gasteiger partial charge in [-0.2, -0.15) is 11.8 Å². The lowest BCUT2D eigenvalue weighted by molar-refractivity contribution is 0.642. The molecule has 0 aromatic carbocycles. The third-order valence-corrected chi connectivity index (χ3v) is 6.13. The number of hydrogen-bond donors (Lipinski definition) is 1. The number of hydrogen-bond acceptors (Lipinski definition) is 5. The van der Waals surface area contributed by atoms with Gasteiger partial charge in [0.15, 0.2) is 5.13 Å². The Bertz CT molecular complexity index is 428. The fourth-order valence-corrected chi connectivity index (χ4v) is 4.59. The predicted molar refractivity (Wildman–Crippen MR) is 87.5 cm³/mol. The smallest absolute Gasteiger partial charge is 0.185 e. The highest BCUT2D eigenvalue weighted by atomic mass is 32.2. The summed E-state index contributed by atoms with van der Waals surface area (Å²) in [5, 5.41) is 1.17. The number of nitrogens with zero attached hydrogens (tertiary/aromatic N) is 2. The van der Waals surface area contributed by atoms with Crippen LogP contribution in [0.5, 0.6) is 0 Å². The molecule has 5 heteroatoms. The zero-order valence-corrected chi connectivity index (χ0v) is 14.0. The maximum absolute atomic E-state index is 5.89. The minimum Gasteiger partial charge on any atom is -0.346 e. The Balaban J connectivity index is 2.23. The van der Waals surface area contributed by atoms with E-state index in [1.54, 1.807) is 11.3 Å². The molecular formula is C14H25N3S2. The summed E-state index contributed by atoms with van der Waals surface area (Å²) in [6.07, 6.45) is 1.12. The molecule has 0 radical (unpaired) electrons. The van der Waals surface area contributed by atoms with E-state index in [2.05, 4.69) is 44.4 Å². The van der Waals surface area contributed by atoms with Gasteiger partial charge in [-0.25, -0.2) is 4.98 Å². The zero-order valence-electron chi connectivity index (χ0n) is 12.4. The number of thioether (sulfide) groups is 1. The minimum absolute atomic E-state index is 0.323. The van der Waals surface area contributed by atoms with Crippen molar-refractivity contribution in [3.8, 4) is 0 Å². The molecule has 0 amide bonds. The number of anilines is 1. The molecule has 1 unspecified atom stereocenters. The van der Waals surface area contributed by atoms with Crippen molar-refractivity contribution in [2.45, 2.75) is 51.3 Å². The SMILES string of the molecule is CCC(C)c1nc(N2CCSC(C)(C)C2)sc1CN. The summed E-state index contributed by atoms with van der Waals surface area (Å²) in [7, 11) is 0. The van der Waals surface area contributed by atoms with E-state index in [0.29, 0.717) is 17.2 Å². The van der Waals surface area contributed by atoms with Gasteiger partial charge in [0, 0.05) is 35.0 Å². The molecule has 0 bridgehead atoms. The molecule has 2 N–H and O–H groups in total. The summed E-state index contributed by atoms with van der Waals surface area (Å²) in [5.41, 5.74) is 7.11. The molecule has 3 nitrogen and oxygen atoms in total. The van der Waals surface area contributed by atoms with Crippen molar-refractivity contribution in [1.82, 2.24) is 4.98 Å². The molecular weight excluding hydrogens is 274 g/mol. The van der Waals surface area contributed by atoms with Crippen molar-refractivity contribution in [3.05, 3.63) is 10.6 Å². The van der Waals surface area contributed by atoms with Crippen LogP contribution in [0.2, 0.25) is 0 Å². The van der Waals surface area contributed by atoms with Crippen LogP contribution in [0, 0.1) is 0 Å². The monoisotopic (exact) mass is 299 g/mol. The van der Waals surface area contributed by atoms with Gasteiger partial charge in [-0.1, -0.05) is 13.8 Å². The summed E-state index contributed by atoms with van der Waals surface area (Å²) in [6, 6.07) is 0. The van der Waals surface area contributed by atoms with Crippen molar-refractivity contribution >= 4 is 28.2 Å². The maximum Gasteiger partial charge on any atom is 0.185 e. The summed E-state index contributed by atoms with van der Waals surface area (Å²) < 4.78 is 0.323. The first kappa shape index (κ1) is 15.1. The third-order valence-electron chi connectivity index (χ3n) is 3.68. The lowest BCUT2D eigenvalue weighted by Crippen LogP contribution is -2.43. The first-order valence-electron chi connectivity index (χ1n) is 7.05. The second-order valence-electron chi connectivity index (χ2n) is 5.85. The Morgan fingerprint density at radius 2 is 2.21 bits per heavy atom. The Labute approximate surface area is 125 Å². The van der Waals surface area contributed by atoms with E-state index in [0.717, 1.165) is 19.5 Å². The molecule has 1 saturated heterocycles. The van der Waals surface area contributed by atoms with Gasteiger partial charge in [0.1, 0.15) is 0 Å². The molecule has 1 aromatic rings. The first-order valence-corrected chi connectivity index (χ1v) is 8.85. The predicted octanol–water partition coefficient (Wildman–Crippen LogP) is 3.45. The van der Waals surface area contributed by atoms with Crippen molar-refractivity contribution in [3.63, 3.8) is 0 Å². The van der Waals surface area contributed by atoms with E-state index in [1.165, 1.54) is 21.5 Å². The Morgan fingerprint density at radius 3 is 2.79 bits per heavy atom. The van der Waals surface area contributed by atoms with Crippen LogP contribution in [0.4, 0.5) is 5.13 Å². The molecule has 1 aliphatic heterocycles. The average Bonchev–Trinajstić information content (AvgIpc) is 2.80. The summed E-state index contributed by atoms with van der Waals surface area (Å²) in [4.78, 5) is 8.60. The van der Waals surface area contributed by atoms with E-state index >= 15 is 0 Å². The fourth-order valence-electron chi connectivity index (χ4n) is 2.39. The van der Waals surface area contributed by atoms with Crippen LogP contribution in [0.25, 0.3) is 0 Å². The van der Waals surface area contributed by atoms with Crippen LogP contribution in [-0.4, -0.2) is 28.6 Å². The molecule has 19 heavy (non-hydrogen) atoms.